The lowest BCUT2D eigenvalue weighted by molar-refractivity contribution is -0.136. The van der Waals surface area contributed by atoms with Crippen LogP contribution in [0.25, 0.3) is 0 Å². The summed E-state index contributed by atoms with van der Waals surface area (Å²) < 4.78 is 5.16. The van der Waals surface area contributed by atoms with E-state index in [-0.39, 0.29) is 37.1 Å². The van der Waals surface area contributed by atoms with Crippen molar-refractivity contribution >= 4 is 46.7 Å². The molecule has 2 heterocycles. The molecule has 1 aliphatic rings. The third kappa shape index (κ3) is 8.12. The minimum absolute atomic E-state index is 0.114. The van der Waals surface area contributed by atoms with Crippen LogP contribution in [0.3, 0.4) is 0 Å². The van der Waals surface area contributed by atoms with Crippen LogP contribution in [0.2, 0.25) is 10.0 Å². The predicted octanol–water partition coefficient (Wildman–Crippen LogP) is 3.05. The van der Waals surface area contributed by atoms with Gasteiger partial charge in [0.25, 0.3) is 5.91 Å². The Balaban J connectivity index is 1.39. The quantitative estimate of drug-likeness (QED) is 0.303. The van der Waals surface area contributed by atoms with Crippen molar-refractivity contribution in [2.45, 2.75) is 25.4 Å². The lowest BCUT2D eigenvalue weighted by atomic mass is 10.0. The zero-order valence-electron chi connectivity index (χ0n) is 23.3. The smallest absolute Gasteiger partial charge is 0.251 e. The number of benzene rings is 2. The van der Waals surface area contributed by atoms with Crippen LogP contribution in [0.15, 0.2) is 60.8 Å². The van der Waals surface area contributed by atoms with Gasteiger partial charge >= 0.3 is 0 Å². The van der Waals surface area contributed by atoms with Gasteiger partial charge in [0.15, 0.2) is 0 Å². The number of piperazine rings is 1. The number of carbonyl (C=O) groups excluding carboxylic acids is 3. The average Bonchev–Trinajstić information content (AvgIpc) is 3.01. The fourth-order valence-corrected chi connectivity index (χ4v) is 5.22. The molecule has 10 nitrogen and oxygen atoms in total. The fourth-order valence-electron chi connectivity index (χ4n) is 4.74. The molecule has 4 N–H and O–H groups in total. The molecule has 2 aromatic carbocycles. The van der Waals surface area contributed by atoms with E-state index in [2.05, 4.69) is 20.5 Å². The van der Waals surface area contributed by atoms with Crippen LogP contribution in [0.5, 0.6) is 5.75 Å². The zero-order valence-corrected chi connectivity index (χ0v) is 24.8. The summed E-state index contributed by atoms with van der Waals surface area (Å²) >= 11 is 12.4. The van der Waals surface area contributed by atoms with Crippen molar-refractivity contribution in [1.82, 2.24) is 20.5 Å². The highest BCUT2D eigenvalue weighted by Gasteiger charge is 2.30. The van der Waals surface area contributed by atoms with Gasteiger partial charge in [0.05, 0.1) is 7.11 Å². The number of carbonyl (C=O) groups is 3. The summed E-state index contributed by atoms with van der Waals surface area (Å²) in [7, 11) is 1.58. The van der Waals surface area contributed by atoms with Crippen molar-refractivity contribution < 1.29 is 19.1 Å². The highest BCUT2D eigenvalue weighted by atomic mass is 35.5. The first kappa shape index (κ1) is 31.1. The van der Waals surface area contributed by atoms with Gasteiger partial charge in [0.2, 0.25) is 11.8 Å². The molecule has 3 amide bonds. The van der Waals surface area contributed by atoms with Gasteiger partial charge in [-0.15, -0.1) is 0 Å². The van der Waals surface area contributed by atoms with E-state index in [1.165, 1.54) is 0 Å². The number of hydrogen-bond acceptors (Lipinski definition) is 7. The van der Waals surface area contributed by atoms with Gasteiger partial charge in [-0.25, -0.2) is 4.98 Å². The van der Waals surface area contributed by atoms with Crippen molar-refractivity contribution in [3.63, 3.8) is 0 Å². The Morgan fingerprint density at radius 1 is 1.02 bits per heavy atom. The first-order valence-electron chi connectivity index (χ1n) is 13.6. The summed E-state index contributed by atoms with van der Waals surface area (Å²) in [5.74, 6) is 0.733. The molecule has 1 saturated heterocycles. The van der Waals surface area contributed by atoms with Crippen molar-refractivity contribution in [2.75, 3.05) is 44.7 Å². The average molecular weight is 614 g/mol. The SMILES string of the molecule is COc1ccc(C(=O)NCc2cccnc2N2CCN(C(=O)[C@@H](Cc3ccc(Cl)cc3Cl)NC(=O)CCN)CC2)cc1. The highest BCUT2D eigenvalue weighted by molar-refractivity contribution is 6.35. The number of amides is 3. The van der Waals surface area contributed by atoms with Crippen molar-refractivity contribution in [2.24, 2.45) is 5.73 Å². The van der Waals surface area contributed by atoms with E-state index >= 15 is 0 Å². The summed E-state index contributed by atoms with van der Waals surface area (Å²) in [5, 5.41) is 6.70. The Labute approximate surface area is 255 Å². The molecule has 0 saturated carbocycles. The molecule has 42 heavy (non-hydrogen) atoms. The van der Waals surface area contributed by atoms with Gasteiger partial charge in [-0.2, -0.15) is 0 Å². The summed E-state index contributed by atoms with van der Waals surface area (Å²) in [5.41, 5.74) is 7.65. The molecule has 0 spiro atoms. The summed E-state index contributed by atoms with van der Waals surface area (Å²) in [6.45, 7) is 2.42. The maximum atomic E-state index is 13.6. The molecule has 222 valence electrons. The fraction of sp³-hybridized carbons (Fsp3) is 0.333. The molecule has 1 atom stereocenters. The van der Waals surface area contributed by atoms with Crippen molar-refractivity contribution in [1.29, 1.82) is 0 Å². The second-order valence-electron chi connectivity index (χ2n) is 9.81. The number of nitrogens with two attached hydrogens (primary N) is 1. The lowest BCUT2D eigenvalue weighted by Crippen LogP contribution is -2.56. The van der Waals surface area contributed by atoms with E-state index in [4.69, 9.17) is 33.7 Å². The van der Waals surface area contributed by atoms with Gasteiger partial charge in [-0.1, -0.05) is 35.3 Å². The number of methoxy groups -OCH3 is 1. The summed E-state index contributed by atoms with van der Waals surface area (Å²) in [6.07, 6.45) is 2.05. The number of nitrogens with one attached hydrogen (secondary N) is 2. The molecule has 4 rings (SSSR count). The van der Waals surface area contributed by atoms with E-state index < -0.39 is 6.04 Å². The largest absolute Gasteiger partial charge is 0.497 e. The summed E-state index contributed by atoms with van der Waals surface area (Å²) in [4.78, 5) is 47.1. The third-order valence-corrected chi connectivity index (χ3v) is 7.58. The van der Waals surface area contributed by atoms with E-state index in [1.807, 2.05) is 12.1 Å². The molecule has 3 aromatic rings. The number of anilines is 1. The van der Waals surface area contributed by atoms with Gasteiger partial charge in [-0.3, -0.25) is 14.4 Å². The number of halogens is 2. The minimum atomic E-state index is -0.798. The lowest BCUT2D eigenvalue weighted by Gasteiger charge is -2.37. The molecular weight excluding hydrogens is 579 g/mol. The second kappa shape index (κ2) is 14.9. The molecule has 0 aliphatic carbocycles. The van der Waals surface area contributed by atoms with E-state index in [1.54, 1.807) is 60.7 Å². The maximum Gasteiger partial charge on any atom is 0.251 e. The number of hydrogen-bond donors (Lipinski definition) is 3. The minimum Gasteiger partial charge on any atom is -0.497 e. The number of pyridine rings is 1. The van der Waals surface area contributed by atoms with E-state index in [0.29, 0.717) is 59.6 Å². The molecule has 0 bridgehead atoms. The monoisotopic (exact) mass is 612 g/mol. The van der Waals surface area contributed by atoms with Crippen LogP contribution in [0.4, 0.5) is 5.82 Å². The molecular formula is C30H34Cl2N6O4. The number of rotatable bonds is 11. The van der Waals surface area contributed by atoms with Gasteiger partial charge in [0.1, 0.15) is 17.6 Å². The van der Waals surface area contributed by atoms with Crippen LogP contribution in [-0.2, 0) is 22.6 Å². The molecule has 0 radical (unpaired) electrons. The number of aromatic nitrogens is 1. The standard InChI is InChI=1S/C30H34Cl2N6O4/c1-42-24-8-5-20(6-9-24)29(40)35-19-22-3-2-12-34-28(22)37-13-15-38(16-14-37)30(41)26(36-27(39)10-11-33)17-21-4-7-23(31)18-25(21)32/h2-9,12,18,26H,10-11,13-17,19,33H2,1H3,(H,35,40)(H,36,39)/t26-/m1/s1. The Bertz CT molecular complexity index is 1400. The van der Waals surface area contributed by atoms with Crippen LogP contribution in [0, 0.1) is 0 Å². The highest BCUT2D eigenvalue weighted by Crippen LogP contribution is 2.24. The molecule has 1 aromatic heterocycles. The third-order valence-electron chi connectivity index (χ3n) is 6.99. The number of nitrogens with zero attached hydrogens (tertiary/aromatic N) is 3. The van der Waals surface area contributed by atoms with Gasteiger partial charge in [-0.05, 0) is 48.0 Å². The Morgan fingerprint density at radius 2 is 1.76 bits per heavy atom. The number of ether oxygens (including phenoxy) is 1. The maximum absolute atomic E-state index is 13.6. The Kier molecular flexibility index (Phi) is 11.0. The van der Waals surface area contributed by atoms with Crippen LogP contribution in [-0.4, -0.2) is 73.5 Å². The molecule has 12 heteroatoms. The molecule has 0 unspecified atom stereocenters. The van der Waals surface area contributed by atoms with Crippen molar-refractivity contribution in [3.8, 4) is 5.75 Å². The van der Waals surface area contributed by atoms with E-state index in [9.17, 15) is 14.4 Å². The first-order valence-corrected chi connectivity index (χ1v) is 14.4. The molecule has 1 fully saturated rings. The van der Waals surface area contributed by atoms with Crippen LogP contribution < -0.4 is 26.0 Å². The van der Waals surface area contributed by atoms with Gasteiger partial charge in [0, 0.05) is 79.5 Å². The normalized spacial score (nSPS) is 13.8. The van der Waals surface area contributed by atoms with Crippen LogP contribution >= 0.6 is 23.2 Å². The topological polar surface area (TPSA) is 130 Å². The zero-order chi connectivity index (χ0) is 30.1. The Morgan fingerprint density at radius 3 is 2.43 bits per heavy atom. The van der Waals surface area contributed by atoms with Crippen molar-refractivity contribution in [3.05, 3.63) is 87.5 Å². The summed E-state index contributed by atoms with van der Waals surface area (Å²) in [6, 6.07) is 14.9. The first-order chi connectivity index (χ1) is 20.3. The van der Waals surface area contributed by atoms with Crippen LogP contribution in [0.1, 0.15) is 27.9 Å². The Hall–Kier alpha value is -3.86. The molecule has 1 aliphatic heterocycles. The second-order valence-corrected chi connectivity index (χ2v) is 10.7. The predicted molar refractivity (Wildman–Crippen MR) is 163 cm³/mol. The van der Waals surface area contributed by atoms with E-state index in [0.717, 1.165) is 11.4 Å². The van der Waals surface area contributed by atoms with Gasteiger partial charge < -0.3 is 30.9 Å².